The van der Waals surface area contributed by atoms with Crippen molar-refractivity contribution >= 4 is 0 Å². The summed E-state index contributed by atoms with van der Waals surface area (Å²) in [6.07, 6.45) is 9.81. The zero-order chi connectivity index (χ0) is 13.5. The van der Waals surface area contributed by atoms with E-state index in [2.05, 4.69) is 19.6 Å². The van der Waals surface area contributed by atoms with E-state index < -0.39 is 11.2 Å². The Balaban J connectivity index is 4.04. The Morgan fingerprint density at radius 1 is 1.24 bits per heavy atom. The van der Waals surface area contributed by atoms with Gasteiger partial charge in [0.05, 0.1) is 11.2 Å². The highest BCUT2D eigenvalue weighted by Gasteiger charge is 2.13. The smallest absolute Gasteiger partial charge is 0.0800 e. The Morgan fingerprint density at radius 3 is 2.29 bits per heavy atom. The molecular weight excluding hydrogens is 212 g/mol. The van der Waals surface area contributed by atoms with Crippen molar-refractivity contribution in [3.63, 3.8) is 0 Å². The van der Waals surface area contributed by atoms with Gasteiger partial charge in [-0.25, -0.2) is 0 Å². The molecule has 0 unspecified atom stereocenters. The highest BCUT2D eigenvalue weighted by Crippen LogP contribution is 2.15. The molecule has 0 aliphatic heterocycles. The van der Waals surface area contributed by atoms with Crippen LogP contribution in [0.25, 0.3) is 0 Å². The van der Waals surface area contributed by atoms with Crippen LogP contribution in [0, 0.1) is 0 Å². The molecular formula is C15H26O2. The van der Waals surface area contributed by atoms with Gasteiger partial charge in [0.1, 0.15) is 0 Å². The summed E-state index contributed by atoms with van der Waals surface area (Å²) in [4.78, 5) is 0. The first kappa shape index (κ1) is 16.1. The van der Waals surface area contributed by atoms with E-state index in [-0.39, 0.29) is 0 Å². The van der Waals surface area contributed by atoms with Crippen LogP contribution in [0.5, 0.6) is 0 Å². The van der Waals surface area contributed by atoms with E-state index >= 15 is 0 Å². The van der Waals surface area contributed by atoms with Crippen molar-refractivity contribution in [2.24, 2.45) is 0 Å². The standard InChI is InChI=1S/C15H26O2/c1-6-15(5,17)12-8-10-13(2)9-7-11-14(3,4)16/h6-7,10-11,16-17H,1,8-9,12H2,2-5H3/b11-7+,13-10+/t15-/m0/s1. The normalized spacial score (nSPS) is 17.2. The van der Waals surface area contributed by atoms with Crippen LogP contribution in [0.2, 0.25) is 0 Å². The number of hydrogen-bond donors (Lipinski definition) is 2. The summed E-state index contributed by atoms with van der Waals surface area (Å²) in [5.74, 6) is 0. The monoisotopic (exact) mass is 238 g/mol. The Hall–Kier alpha value is -0.860. The topological polar surface area (TPSA) is 40.5 Å². The summed E-state index contributed by atoms with van der Waals surface area (Å²) in [6.45, 7) is 10.9. The number of allylic oxidation sites excluding steroid dienone is 3. The van der Waals surface area contributed by atoms with Gasteiger partial charge in [-0.05, 0) is 47.0 Å². The van der Waals surface area contributed by atoms with E-state index in [0.29, 0.717) is 6.42 Å². The van der Waals surface area contributed by atoms with Crippen LogP contribution in [0.3, 0.4) is 0 Å². The molecule has 0 aromatic carbocycles. The van der Waals surface area contributed by atoms with Crippen molar-refractivity contribution in [3.8, 4) is 0 Å². The third kappa shape index (κ3) is 10.0. The first-order valence-corrected chi connectivity index (χ1v) is 6.08. The van der Waals surface area contributed by atoms with E-state index in [1.807, 2.05) is 6.08 Å². The number of rotatable bonds is 7. The van der Waals surface area contributed by atoms with Crippen LogP contribution >= 0.6 is 0 Å². The van der Waals surface area contributed by atoms with Gasteiger partial charge < -0.3 is 10.2 Å². The van der Waals surface area contributed by atoms with Gasteiger partial charge in [0.25, 0.3) is 0 Å². The predicted molar refractivity (Wildman–Crippen MR) is 73.9 cm³/mol. The van der Waals surface area contributed by atoms with E-state index in [1.165, 1.54) is 5.57 Å². The zero-order valence-electron chi connectivity index (χ0n) is 11.5. The average molecular weight is 238 g/mol. The molecule has 0 rings (SSSR count). The predicted octanol–water partition coefficient (Wildman–Crippen LogP) is 3.37. The van der Waals surface area contributed by atoms with Crippen molar-refractivity contribution in [1.82, 2.24) is 0 Å². The van der Waals surface area contributed by atoms with Crippen LogP contribution in [0.15, 0.2) is 36.5 Å². The van der Waals surface area contributed by atoms with E-state index in [1.54, 1.807) is 32.9 Å². The lowest BCUT2D eigenvalue weighted by Crippen LogP contribution is -2.19. The minimum absolute atomic E-state index is 0.684. The molecule has 2 heteroatoms. The van der Waals surface area contributed by atoms with Crippen LogP contribution in [0.4, 0.5) is 0 Å². The third-order valence-corrected chi connectivity index (χ3v) is 2.55. The minimum Gasteiger partial charge on any atom is -0.386 e. The molecule has 1 atom stereocenters. The van der Waals surface area contributed by atoms with Gasteiger partial charge in [-0.2, -0.15) is 0 Å². The van der Waals surface area contributed by atoms with Crippen molar-refractivity contribution in [2.75, 3.05) is 0 Å². The molecule has 2 N–H and O–H groups in total. The fourth-order valence-corrected chi connectivity index (χ4v) is 1.33. The zero-order valence-corrected chi connectivity index (χ0v) is 11.5. The highest BCUT2D eigenvalue weighted by molar-refractivity contribution is 5.08. The van der Waals surface area contributed by atoms with Crippen molar-refractivity contribution in [3.05, 3.63) is 36.5 Å². The molecule has 0 amide bonds. The molecule has 0 fully saturated rings. The van der Waals surface area contributed by atoms with Gasteiger partial charge in [0.15, 0.2) is 0 Å². The van der Waals surface area contributed by atoms with Crippen LogP contribution in [0.1, 0.15) is 47.0 Å². The summed E-state index contributed by atoms with van der Waals surface area (Å²) < 4.78 is 0. The van der Waals surface area contributed by atoms with Gasteiger partial charge in [0, 0.05) is 0 Å². The maximum Gasteiger partial charge on any atom is 0.0800 e. The first-order valence-electron chi connectivity index (χ1n) is 6.08. The summed E-state index contributed by atoms with van der Waals surface area (Å²) in [6, 6.07) is 0. The Bertz CT molecular complexity index is 291. The maximum atomic E-state index is 9.72. The molecule has 0 radical (unpaired) electrons. The van der Waals surface area contributed by atoms with E-state index in [0.717, 1.165) is 12.8 Å². The molecule has 0 saturated carbocycles. The minimum atomic E-state index is -0.778. The SMILES string of the molecule is C=C[C@](C)(O)CC/C=C(\C)C/C=C/C(C)(C)O. The second-order valence-electron chi connectivity index (χ2n) is 5.41. The fraction of sp³-hybridized carbons (Fsp3) is 0.600. The molecule has 2 nitrogen and oxygen atoms in total. The largest absolute Gasteiger partial charge is 0.386 e. The van der Waals surface area contributed by atoms with Gasteiger partial charge in [-0.15, -0.1) is 6.58 Å². The second kappa shape index (κ2) is 6.77. The Labute approximate surface area is 105 Å². The van der Waals surface area contributed by atoms with Gasteiger partial charge in [-0.1, -0.05) is 29.9 Å². The van der Waals surface area contributed by atoms with Gasteiger partial charge in [0.2, 0.25) is 0 Å². The molecule has 17 heavy (non-hydrogen) atoms. The van der Waals surface area contributed by atoms with E-state index in [9.17, 15) is 10.2 Å². The van der Waals surface area contributed by atoms with Crippen LogP contribution < -0.4 is 0 Å². The van der Waals surface area contributed by atoms with Gasteiger partial charge >= 0.3 is 0 Å². The highest BCUT2D eigenvalue weighted by atomic mass is 16.3. The number of aliphatic hydroxyl groups is 2. The molecule has 0 bridgehead atoms. The second-order valence-corrected chi connectivity index (χ2v) is 5.41. The molecule has 0 spiro atoms. The van der Waals surface area contributed by atoms with Gasteiger partial charge in [-0.3, -0.25) is 0 Å². The molecule has 98 valence electrons. The molecule has 0 saturated heterocycles. The van der Waals surface area contributed by atoms with E-state index in [4.69, 9.17) is 0 Å². The molecule has 0 heterocycles. The van der Waals surface area contributed by atoms with Crippen molar-refractivity contribution in [2.45, 2.75) is 58.2 Å². The summed E-state index contributed by atoms with van der Waals surface area (Å²) >= 11 is 0. The van der Waals surface area contributed by atoms with Crippen molar-refractivity contribution in [1.29, 1.82) is 0 Å². The molecule has 0 aromatic heterocycles. The molecule has 0 aliphatic carbocycles. The Morgan fingerprint density at radius 2 is 1.82 bits per heavy atom. The van der Waals surface area contributed by atoms with Crippen LogP contribution in [-0.2, 0) is 0 Å². The number of hydrogen-bond acceptors (Lipinski definition) is 2. The maximum absolute atomic E-state index is 9.72. The summed E-state index contributed by atoms with van der Waals surface area (Å²) in [5, 5.41) is 19.2. The van der Waals surface area contributed by atoms with Crippen molar-refractivity contribution < 1.29 is 10.2 Å². The summed E-state index contributed by atoms with van der Waals surface area (Å²) in [7, 11) is 0. The lowest BCUT2D eigenvalue weighted by atomic mass is 9.99. The molecule has 0 aliphatic rings. The quantitative estimate of drug-likeness (QED) is 0.668. The first-order chi connectivity index (χ1) is 7.66. The molecule has 0 aromatic rings. The van der Waals surface area contributed by atoms with Crippen LogP contribution in [-0.4, -0.2) is 21.4 Å². The third-order valence-electron chi connectivity index (χ3n) is 2.55. The lowest BCUT2D eigenvalue weighted by Gasteiger charge is -2.16. The fourth-order valence-electron chi connectivity index (χ4n) is 1.33. The Kier molecular flexibility index (Phi) is 6.43. The lowest BCUT2D eigenvalue weighted by molar-refractivity contribution is 0.103. The average Bonchev–Trinajstić information content (AvgIpc) is 2.15. The summed E-state index contributed by atoms with van der Waals surface area (Å²) in [5.41, 5.74) is -0.280.